The number of halogens is 1. The van der Waals surface area contributed by atoms with E-state index in [0.717, 1.165) is 16.5 Å². The van der Waals surface area contributed by atoms with Gasteiger partial charge in [0.1, 0.15) is 6.04 Å². The molecule has 1 fully saturated rings. The Kier molecular flexibility index (Phi) is 7.36. The number of H-pyrrole nitrogens is 1. The predicted molar refractivity (Wildman–Crippen MR) is 131 cm³/mol. The number of imide groups is 1. The zero-order valence-electron chi connectivity index (χ0n) is 19.1. The molecular weight excluding hydrogens is 472 g/mol. The molecule has 3 aromatic rings. The van der Waals surface area contributed by atoms with Gasteiger partial charge >= 0.3 is 12.0 Å². The first kappa shape index (κ1) is 24.3. The first-order chi connectivity index (χ1) is 16.9. The number of ether oxygens (including phenoxy) is 1. The third-order valence-corrected chi connectivity index (χ3v) is 5.99. The molecule has 1 aliphatic rings. The van der Waals surface area contributed by atoms with Gasteiger partial charge in [-0.25, -0.2) is 9.59 Å². The van der Waals surface area contributed by atoms with Gasteiger partial charge in [0.15, 0.2) is 0 Å². The van der Waals surface area contributed by atoms with Gasteiger partial charge in [0.05, 0.1) is 12.2 Å². The summed E-state index contributed by atoms with van der Waals surface area (Å²) < 4.78 is 4.96. The molecule has 1 aromatic heterocycles. The molecule has 0 saturated carbocycles. The van der Waals surface area contributed by atoms with E-state index < -0.39 is 18.0 Å². The summed E-state index contributed by atoms with van der Waals surface area (Å²) in [5.41, 5.74) is 2.66. The number of hydrogen-bond acceptors (Lipinski definition) is 5. The fraction of sp³-hybridized carbons (Fsp3) is 0.280. The highest BCUT2D eigenvalue weighted by Gasteiger charge is 2.37. The lowest BCUT2D eigenvalue weighted by molar-refractivity contribution is -0.127. The minimum absolute atomic E-state index is 0.0229. The highest BCUT2D eigenvalue weighted by atomic mass is 35.5. The van der Waals surface area contributed by atoms with E-state index in [1.807, 2.05) is 18.3 Å². The van der Waals surface area contributed by atoms with E-state index in [-0.39, 0.29) is 37.8 Å². The van der Waals surface area contributed by atoms with Gasteiger partial charge in [0.2, 0.25) is 5.91 Å². The molecule has 0 bridgehead atoms. The highest BCUT2D eigenvalue weighted by molar-refractivity contribution is 6.31. The van der Waals surface area contributed by atoms with E-state index in [1.165, 1.54) is 11.0 Å². The van der Waals surface area contributed by atoms with Crippen LogP contribution >= 0.6 is 11.6 Å². The van der Waals surface area contributed by atoms with Crippen LogP contribution in [0.25, 0.3) is 10.9 Å². The molecule has 0 spiro atoms. The van der Waals surface area contributed by atoms with Crippen molar-refractivity contribution in [3.8, 4) is 0 Å². The fourth-order valence-corrected chi connectivity index (χ4v) is 4.18. The monoisotopic (exact) mass is 496 g/mol. The second-order valence-electron chi connectivity index (χ2n) is 8.13. The molecule has 2 heterocycles. The summed E-state index contributed by atoms with van der Waals surface area (Å²) in [6.45, 7) is 2.18. The predicted octanol–water partition coefficient (Wildman–Crippen LogP) is 3.88. The van der Waals surface area contributed by atoms with Gasteiger partial charge in [-0.15, -0.1) is 0 Å². The number of nitrogens with zero attached hydrogens (tertiary/aromatic N) is 1. The number of aromatic nitrogens is 1. The fourth-order valence-electron chi connectivity index (χ4n) is 4.01. The number of benzene rings is 2. The van der Waals surface area contributed by atoms with Crippen LogP contribution in [0.4, 0.5) is 10.5 Å². The lowest BCUT2D eigenvalue weighted by atomic mass is 10.1. The average Bonchev–Trinajstić information content (AvgIpc) is 3.35. The van der Waals surface area contributed by atoms with E-state index in [9.17, 15) is 19.2 Å². The van der Waals surface area contributed by atoms with Crippen LogP contribution in [-0.2, 0) is 20.7 Å². The third-order valence-electron chi connectivity index (χ3n) is 5.76. The van der Waals surface area contributed by atoms with Crippen LogP contribution in [0.15, 0.2) is 48.7 Å². The van der Waals surface area contributed by atoms with Crippen molar-refractivity contribution < 1.29 is 23.9 Å². The van der Waals surface area contributed by atoms with Crippen molar-refractivity contribution in [2.45, 2.75) is 32.2 Å². The quantitative estimate of drug-likeness (QED) is 0.306. The third kappa shape index (κ3) is 5.63. The van der Waals surface area contributed by atoms with Crippen molar-refractivity contribution in [2.75, 3.05) is 18.5 Å². The molecule has 0 unspecified atom stereocenters. The number of hydrogen-bond donors (Lipinski definition) is 3. The molecule has 1 saturated heterocycles. The van der Waals surface area contributed by atoms with Gasteiger partial charge in [0.25, 0.3) is 5.91 Å². The maximum absolute atomic E-state index is 12.8. The average molecular weight is 497 g/mol. The van der Waals surface area contributed by atoms with Crippen LogP contribution in [0.5, 0.6) is 0 Å². The lowest BCUT2D eigenvalue weighted by Gasteiger charge is -2.13. The Morgan fingerprint density at radius 2 is 2.00 bits per heavy atom. The van der Waals surface area contributed by atoms with E-state index in [2.05, 4.69) is 15.6 Å². The second kappa shape index (κ2) is 10.6. The molecule has 182 valence electrons. The Labute approximate surface area is 206 Å². The number of aromatic amines is 1. The number of urea groups is 1. The van der Waals surface area contributed by atoms with Crippen LogP contribution in [0.3, 0.4) is 0 Å². The van der Waals surface area contributed by atoms with Crippen LogP contribution < -0.4 is 10.6 Å². The Balaban J connectivity index is 1.30. The molecule has 4 amide bonds. The minimum Gasteiger partial charge on any atom is -0.462 e. The second-order valence-corrected chi connectivity index (χ2v) is 8.57. The SMILES string of the molecule is CCOC(=O)c1cccc(NC(=O)CC[C@@H]2NC(=O)N(CCc3c[nH]c4ccc(Cl)cc34)C2=O)c1. The van der Waals surface area contributed by atoms with Gasteiger partial charge < -0.3 is 20.4 Å². The summed E-state index contributed by atoms with van der Waals surface area (Å²) in [5, 5.41) is 6.92. The molecule has 9 nitrogen and oxygen atoms in total. The first-order valence-electron chi connectivity index (χ1n) is 11.3. The van der Waals surface area contributed by atoms with Crippen molar-refractivity contribution >= 4 is 52.0 Å². The van der Waals surface area contributed by atoms with Crippen LogP contribution in [-0.4, -0.2) is 52.9 Å². The van der Waals surface area contributed by atoms with E-state index in [0.29, 0.717) is 22.7 Å². The number of carbonyl (C=O) groups excluding carboxylic acids is 4. The van der Waals surface area contributed by atoms with Crippen LogP contribution in [0.2, 0.25) is 5.02 Å². The smallest absolute Gasteiger partial charge is 0.338 e. The van der Waals surface area contributed by atoms with Gasteiger partial charge in [0, 0.05) is 40.8 Å². The lowest BCUT2D eigenvalue weighted by Crippen LogP contribution is -2.33. The van der Waals surface area contributed by atoms with Gasteiger partial charge in [-0.2, -0.15) is 0 Å². The highest BCUT2D eigenvalue weighted by Crippen LogP contribution is 2.23. The topological polar surface area (TPSA) is 121 Å². The molecule has 4 rings (SSSR count). The molecule has 2 aromatic carbocycles. The molecule has 1 atom stereocenters. The largest absolute Gasteiger partial charge is 0.462 e. The number of esters is 1. The van der Waals surface area contributed by atoms with Crippen molar-refractivity contribution in [3.05, 3.63) is 64.8 Å². The molecule has 1 aliphatic heterocycles. The Bertz CT molecular complexity index is 1290. The molecule has 0 radical (unpaired) electrons. The Morgan fingerprint density at radius 1 is 1.17 bits per heavy atom. The zero-order chi connectivity index (χ0) is 24.9. The Morgan fingerprint density at radius 3 is 2.80 bits per heavy atom. The summed E-state index contributed by atoms with van der Waals surface area (Å²) in [4.78, 5) is 53.8. The maximum atomic E-state index is 12.8. The van der Waals surface area contributed by atoms with Crippen LogP contribution in [0, 0.1) is 0 Å². The molecular formula is C25H25ClN4O5. The van der Waals surface area contributed by atoms with Crippen LogP contribution in [0.1, 0.15) is 35.7 Å². The van der Waals surface area contributed by atoms with E-state index in [1.54, 1.807) is 31.2 Å². The van der Waals surface area contributed by atoms with Crippen molar-refractivity contribution in [3.63, 3.8) is 0 Å². The van der Waals surface area contributed by atoms with E-state index in [4.69, 9.17) is 16.3 Å². The molecule has 10 heteroatoms. The summed E-state index contributed by atoms with van der Waals surface area (Å²) in [7, 11) is 0. The number of carbonyl (C=O) groups is 4. The minimum atomic E-state index is -0.767. The summed E-state index contributed by atoms with van der Waals surface area (Å²) >= 11 is 6.09. The molecule has 0 aliphatic carbocycles. The summed E-state index contributed by atoms with van der Waals surface area (Å²) in [6.07, 6.45) is 2.50. The maximum Gasteiger partial charge on any atom is 0.338 e. The van der Waals surface area contributed by atoms with Crippen molar-refractivity contribution in [1.82, 2.24) is 15.2 Å². The van der Waals surface area contributed by atoms with Crippen molar-refractivity contribution in [1.29, 1.82) is 0 Å². The summed E-state index contributed by atoms with van der Waals surface area (Å²) in [5.74, 6) is -1.16. The van der Waals surface area contributed by atoms with Gasteiger partial charge in [-0.05, 0) is 61.7 Å². The van der Waals surface area contributed by atoms with Gasteiger partial charge in [-0.1, -0.05) is 17.7 Å². The molecule has 3 N–H and O–H groups in total. The molecule has 35 heavy (non-hydrogen) atoms. The van der Waals surface area contributed by atoms with Gasteiger partial charge in [-0.3, -0.25) is 14.5 Å². The summed E-state index contributed by atoms with van der Waals surface area (Å²) in [6, 6.07) is 10.7. The standard InChI is InChI=1S/C25H25ClN4O5/c1-2-35-24(33)15-4-3-5-18(12-15)28-22(31)9-8-21-23(32)30(25(34)29-21)11-10-16-14-27-20-7-6-17(26)13-19(16)20/h3-7,12-14,21,27H,2,8-11H2,1H3,(H,28,31)(H,29,34)/t21-/m0/s1. The number of rotatable bonds is 9. The Hall–Kier alpha value is -3.85. The number of fused-ring (bicyclic) bond motifs is 1. The van der Waals surface area contributed by atoms with E-state index >= 15 is 0 Å². The number of amides is 4. The normalized spacial score (nSPS) is 15.4. The number of nitrogens with one attached hydrogen (secondary N) is 3. The zero-order valence-corrected chi connectivity index (χ0v) is 19.9. The van der Waals surface area contributed by atoms with Crippen molar-refractivity contribution in [2.24, 2.45) is 0 Å². The number of anilines is 1. The first-order valence-corrected chi connectivity index (χ1v) is 11.7.